The van der Waals surface area contributed by atoms with Crippen molar-refractivity contribution in [1.29, 1.82) is 0 Å². The van der Waals surface area contributed by atoms with E-state index in [9.17, 15) is 4.79 Å². The Morgan fingerprint density at radius 1 is 1.27 bits per heavy atom. The van der Waals surface area contributed by atoms with Gasteiger partial charge in [-0.2, -0.15) is 0 Å². The van der Waals surface area contributed by atoms with E-state index in [0.29, 0.717) is 19.6 Å². The molecule has 1 atom stereocenters. The van der Waals surface area contributed by atoms with Gasteiger partial charge in [0.05, 0.1) is 6.54 Å². The highest BCUT2D eigenvalue weighted by Crippen LogP contribution is 2.33. The van der Waals surface area contributed by atoms with E-state index in [1.807, 2.05) is 12.1 Å². The van der Waals surface area contributed by atoms with Crippen LogP contribution in [-0.4, -0.2) is 45.7 Å². The third kappa shape index (κ3) is 4.40. The van der Waals surface area contributed by atoms with Crippen molar-refractivity contribution in [2.75, 3.05) is 20.2 Å². The van der Waals surface area contributed by atoms with Crippen molar-refractivity contribution in [3.8, 4) is 0 Å². The van der Waals surface area contributed by atoms with E-state index in [1.165, 1.54) is 27.7 Å². The lowest BCUT2D eigenvalue weighted by Crippen LogP contribution is -2.28. The van der Waals surface area contributed by atoms with Crippen molar-refractivity contribution >= 4 is 16.9 Å². The van der Waals surface area contributed by atoms with Crippen LogP contribution >= 0.6 is 0 Å². The molecular formula is C24H29N3O3. The number of fused-ring (bicyclic) bond motifs is 3. The molecule has 1 unspecified atom stereocenters. The first-order valence-electron chi connectivity index (χ1n) is 10.6. The second-order valence-corrected chi connectivity index (χ2v) is 8.18. The highest BCUT2D eigenvalue weighted by molar-refractivity contribution is 5.86. The van der Waals surface area contributed by atoms with Crippen molar-refractivity contribution in [3.05, 3.63) is 65.1 Å². The van der Waals surface area contributed by atoms with E-state index < -0.39 is 5.97 Å². The topological polar surface area (TPSA) is 67.6 Å². The monoisotopic (exact) mass is 407 g/mol. The molecule has 30 heavy (non-hydrogen) atoms. The molecule has 1 N–H and O–H groups in total. The minimum Gasteiger partial charge on any atom is -0.481 e. The zero-order valence-corrected chi connectivity index (χ0v) is 17.7. The molecule has 4 rings (SSSR count). The highest BCUT2D eigenvalue weighted by atomic mass is 16.5. The number of rotatable bonds is 8. The zero-order chi connectivity index (χ0) is 21.1. The molecule has 0 spiro atoms. The van der Waals surface area contributed by atoms with Gasteiger partial charge < -0.3 is 19.3 Å². The standard InChI is InChI=1S/C24H29N3O3/c1-17-5-6-21-19(14-17)20-15-26(2)12-9-22(20)27(21)16-23(18-7-10-25-11-8-18)30-13-3-4-24(28)29/h5-8,10-11,14,23H,3-4,9,12-13,15-16H2,1-2H3,(H,28,29). The average Bonchev–Trinajstić information content (AvgIpc) is 3.02. The SMILES string of the molecule is Cc1ccc2c(c1)c1c(n2CC(OCCCC(=O)O)c2ccncc2)CCN(C)C1. The molecule has 3 heterocycles. The number of likely N-dealkylation sites (N-methyl/N-ethyl adjacent to an activating group) is 1. The Hall–Kier alpha value is -2.70. The average molecular weight is 408 g/mol. The molecule has 6 nitrogen and oxygen atoms in total. The van der Waals surface area contributed by atoms with Crippen molar-refractivity contribution in [2.45, 2.75) is 45.4 Å². The summed E-state index contributed by atoms with van der Waals surface area (Å²) in [6.45, 7) is 5.27. The normalized spacial score (nSPS) is 15.3. The number of pyridine rings is 1. The summed E-state index contributed by atoms with van der Waals surface area (Å²) in [6, 6.07) is 10.6. The smallest absolute Gasteiger partial charge is 0.303 e. The van der Waals surface area contributed by atoms with Gasteiger partial charge in [-0.1, -0.05) is 11.6 Å². The summed E-state index contributed by atoms with van der Waals surface area (Å²) in [5.41, 5.74) is 6.39. The molecular weight excluding hydrogens is 378 g/mol. The van der Waals surface area contributed by atoms with Gasteiger partial charge >= 0.3 is 5.97 Å². The molecule has 1 aliphatic rings. The van der Waals surface area contributed by atoms with Gasteiger partial charge in [0.2, 0.25) is 0 Å². The molecule has 1 aromatic carbocycles. The third-order valence-corrected chi connectivity index (χ3v) is 5.88. The number of benzene rings is 1. The molecule has 0 bridgehead atoms. The Bertz CT molecular complexity index is 1030. The van der Waals surface area contributed by atoms with Crippen molar-refractivity contribution in [1.82, 2.24) is 14.5 Å². The Balaban J connectivity index is 1.68. The quantitative estimate of drug-likeness (QED) is 0.573. The van der Waals surface area contributed by atoms with Gasteiger partial charge in [0.1, 0.15) is 6.10 Å². The van der Waals surface area contributed by atoms with Gasteiger partial charge in [-0.25, -0.2) is 0 Å². The number of aliphatic carboxylic acids is 1. The first-order valence-corrected chi connectivity index (χ1v) is 10.6. The van der Waals surface area contributed by atoms with E-state index in [0.717, 1.165) is 25.1 Å². The second kappa shape index (κ2) is 8.98. The van der Waals surface area contributed by atoms with Gasteiger partial charge in [-0.3, -0.25) is 9.78 Å². The Morgan fingerprint density at radius 3 is 2.83 bits per heavy atom. The minimum atomic E-state index is -0.788. The highest BCUT2D eigenvalue weighted by Gasteiger charge is 2.24. The molecule has 2 aromatic heterocycles. The van der Waals surface area contributed by atoms with Crippen molar-refractivity contribution in [2.24, 2.45) is 0 Å². The number of hydrogen-bond acceptors (Lipinski definition) is 4. The number of aryl methyl sites for hydroxylation is 1. The molecule has 0 saturated heterocycles. The molecule has 0 fully saturated rings. The van der Waals surface area contributed by atoms with E-state index in [-0.39, 0.29) is 12.5 Å². The largest absolute Gasteiger partial charge is 0.481 e. The van der Waals surface area contributed by atoms with E-state index in [1.54, 1.807) is 12.4 Å². The van der Waals surface area contributed by atoms with E-state index in [4.69, 9.17) is 9.84 Å². The molecule has 158 valence electrons. The fourth-order valence-electron chi connectivity index (χ4n) is 4.35. The number of nitrogens with zero attached hydrogens (tertiary/aromatic N) is 3. The number of aromatic nitrogens is 2. The fraction of sp³-hybridized carbons (Fsp3) is 0.417. The number of ether oxygens (including phenoxy) is 1. The Kier molecular flexibility index (Phi) is 6.16. The predicted octanol–water partition coefficient (Wildman–Crippen LogP) is 3.96. The van der Waals surface area contributed by atoms with Crippen LogP contribution in [0.4, 0.5) is 0 Å². The first-order chi connectivity index (χ1) is 14.5. The third-order valence-electron chi connectivity index (χ3n) is 5.88. The Labute approximate surface area is 177 Å². The maximum atomic E-state index is 10.9. The summed E-state index contributed by atoms with van der Waals surface area (Å²) in [5, 5.41) is 10.3. The summed E-state index contributed by atoms with van der Waals surface area (Å²) < 4.78 is 8.63. The lowest BCUT2D eigenvalue weighted by Gasteiger charge is -2.26. The zero-order valence-electron chi connectivity index (χ0n) is 17.7. The van der Waals surface area contributed by atoms with E-state index >= 15 is 0 Å². The molecule has 6 heteroatoms. The van der Waals surface area contributed by atoms with Gasteiger partial charge in [0, 0.05) is 61.5 Å². The summed E-state index contributed by atoms with van der Waals surface area (Å²) in [4.78, 5) is 17.4. The molecule has 0 amide bonds. The van der Waals surface area contributed by atoms with Crippen LogP contribution in [0, 0.1) is 6.92 Å². The van der Waals surface area contributed by atoms with Gasteiger partial charge in [0.25, 0.3) is 0 Å². The van der Waals surface area contributed by atoms with Gasteiger partial charge in [0.15, 0.2) is 0 Å². The van der Waals surface area contributed by atoms with Crippen LogP contribution in [0.5, 0.6) is 0 Å². The first kappa shape index (κ1) is 20.6. The van der Waals surface area contributed by atoms with E-state index in [2.05, 4.69) is 46.6 Å². The number of carboxylic acids is 1. The van der Waals surface area contributed by atoms with Crippen LogP contribution in [0.25, 0.3) is 10.9 Å². The van der Waals surface area contributed by atoms with Crippen molar-refractivity contribution in [3.63, 3.8) is 0 Å². The molecule has 3 aromatic rings. The van der Waals surface area contributed by atoms with Crippen molar-refractivity contribution < 1.29 is 14.6 Å². The van der Waals surface area contributed by atoms with Crippen LogP contribution < -0.4 is 0 Å². The number of carbonyl (C=O) groups is 1. The van der Waals surface area contributed by atoms with Crippen LogP contribution in [-0.2, 0) is 29.0 Å². The lowest BCUT2D eigenvalue weighted by molar-refractivity contribution is -0.137. The van der Waals surface area contributed by atoms with Crippen LogP contribution in [0.3, 0.4) is 0 Å². The fourth-order valence-corrected chi connectivity index (χ4v) is 4.35. The summed E-state index contributed by atoms with van der Waals surface area (Å²) in [7, 11) is 2.17. The molecule has 0 aliphatic carbocycles. The number of hydrogen-bond donors (Lipinski definition) is 1. The van der Waals surface area contributed by atoms with Gasteiger partial charge in [-0.15, -0.1) is 0 Å². The molecule has 0 saturated carbocycles. The summed E-state index contributed by atoms with van der Waals surface area (Å²) in [6.07, 6.45) is 5.06. The number of carboxylic acid groups (broad SMARTS) is 1. The lowest BCUT2D eigenvalue weighted by atomic mass is 10.0. The maximum absolute atomic E-state index is 10.9. The van der Waals surface area contributed by atoms with Gasteiger partial charge in [-0.05, 0) is 55.8 Å². The summed E-state index contributed by atoms with van der Waals surface area (Å²) >= 11 is 0. The van der Waals surface area contributed by atoms with Crippen LogP contribution in [0.15, 0.2) is 42.7 Å². The predicted molar refractivity (Wildman–Crippen MR) is 117 cm³/mol. The Morgan fingerprint density at radius 2 is 2.07 bits per heavy atom. The molecule has 0 radical (unpaired) electrons. The summed E-state index contributed by atoms with van der Waals surface area (Å²) in [5.74, 6) is -0.788. The minimum absolute atomic E-state index is 0.122. The van der Waals surface area contributed by atoms with Crippen LogP contribution in [0.1, 0.15) is 41.3 Å². The molecule has 1 aliphatic heterocycles. The second-order valence-electron chi connectivity index (χ2n) is 8.18. The maximum Gasteiger partial charge on any atom is 0.303 e. The van der Waals surface area contributed by atoms with Crippen LogP contribution in [0.2, 0.25) is 0 Å².